The fourth-order valence-electron chi connectivity index (χ4n) is 1.94. The molecule has 0 saturated heterocycles. The minimum atomic E-state index is -0.00713. The summed E-state index contributed by atoms with van der Waals surface area (Å²) in [7, 11) is 0. The van der Waals surface area contributed by atoms with E-state index in [4.69, 9.17) is 0 Å². The summed E-state index contributed by atoms with van der Waals surface area (Å²) in [6.45, 7) is 8.20. The van der Waals surface area contributed by atoms with Crippen molar-refractivity contribution in [3.63, 3.8) is 0 Å². The molecule has 0 saturated carbocycles. The van der Waals surface area contributed by atoms with Crippen molar-refractivity contribution in [2.24, 2.45) is 0 Å². The highest BCUT2D eigenvalue weighted by Crippen LogP contribution is 2.25. The maximum absolute atomic E-state index is 12.1. The SMILES string of the molecule is CCN(CC)CC(=O)Nc1c(C)ccc2nsnc12. The Bertz CT molecular complexity index is 577. The van der Waals surface area contributed by atoms with E-state index in [1.54, 1.807) is 0 Å². The zero-order chi connectivity index (χ0) is 13.8. The van der Waals surface area contributed by atoms with Gasteiger partial charge in [-0.2, -0.15) is 8.75 Å². The van der Waals surface area contributed by atoms with Crippen LogP contribution in [0, 0.1) is 6.92 Å². The average Bonchev–Trinajstić information content (AvgIpc) is 2.88. The number of amides is 1. The number of rotatable bonds is 5. The van der Waals surface area contributed by atoms with Gasteiger partial charge < -0.3 is 5.32 Å². The molecule has 0 aliphatic carbocycles. The molecule has 0 atom stereocenters. The maximum atomic E-state index is 12.1. The molecule has 1 aromatic heterocycles. The van der Waals surface area contributed by atoms with E-state index in [1.807, 2.05) is 32.9 Å². The predicted octanol–water partition coefficient (Wildman–Crippen LogP) is 2.28. The number of benzene rings is 1. The average molecular weight is 278 g/mol. The number of anilines is 1. The Balaban J connectivity index is 2.18. The fourth-order valence-corrected chi connectivity index (χ4v) is 2.48. The van der Waals surface area contributed by atoms with E-state index >= 15 is 0 Å². The molecule has 1 N–H and O–H groups in total. The molecule has 102 valence electrons. The van der Waals surface area contributed by atoms with Crippen LogP contribution >= 0.6 is 11.7 Å². The van der Waals surface area contributed by atoms with Crippen molar-refractivity contribution in [3.8, 4) is 0 Å². The Labute approximate surface area is 117 Å². The highest BCUT2D eigenvalue weighted by Gasteiger charge is 2.13. The predicted molar refractivity (Wildman–Crippen MR) is 78.6 cm³/mol. The number of nitrogens with one attached hydrogen (secondary N) is 1. The molecule has 0 fully saturated rings. The minimum Gasteiger partial charge on any atom is -0.323 e. The van der Waals surface area contributed by atoms with Crippen LogP contribution in [-0.4, -0.2) is 39.2 Å². The molecule has 0 spiro atoms. The monoisotopic (exact) mass is 278 g/mol. The van der Waals surface area contributed by atoms with Crippen LogP contribution in [0.4, 0.5) is 5.69 Å². The van der Waals surface area contributed by atoms with E-state index in [1.165, 1.54) is 0 Å². The first-order valence-electron chi connectivity index (χ1n) is 6.39. The Morgan fingerprint density at radius 1 is 1.32 bits per heavy atom. The van der Waals surface area contributed by atoms with Gasteiger partial charge in [-0.05, 0) is 31.6 Å². The van der Waals surface area contributed by atoms with E-state index in [2.05, 4.69) is 19.0 Å². The van der Waals surface area contributed by atoms with Crippen LogP contribution < -0.4 is 5.32 Å². The third-order valence-corrected chi connectivity index (χ3v) is 3.70. The zero-order valence-electron chi connectivity index (χ0n) is 11.4. The van der Waals surface area contributed by atoms with Crippen molar-refractivity contribution in [2.45, 2.75) is 20.8 Å². The van der Waals surface area contributed by atoms with Gasteiger partial charge in [-0.15, -0.1) is 0 Å². The first kappa shape index (κ1) is 13.9. The van der Waals surface area contributed by atoms with Crippen molar-refractivity contribution in [3.05, 3.63) is 17.7 Å². The van der Waals surface area contributed by atoms with E-state index in [-0.39, 0.29) is 5.91 Å². The first-order chi connectivity index (χ1) is 9.15. The second-order valence-electron chi connectivity index (χ2n) is 4.40. The number of nitrogens with zero attached hydrogens (tertiary/aromatic N) is 3. The number of carbonyl (C=O) groups excluding carboxylic acids is 1. The standard InChI is InChI=1S/C13H18N4OS/c1-4-17(5-2)8-11(18)14-12-9(3)6-7-10-13(12)16-19-15-10/h6-7H,4-5,8H2,1-3H3,(H,14,18). The lowest BCUT2D eigenvalue weighted by Crippen LogP contribution is -2.33. The molecule has 19 heavy (non-hydrogen) atoms. The molecule has 6 heteroatoms. The summed E-state index contributed by atoms with van der Waals surface area (Å²) < 4.78 is 8.44. The van der Waals surface area contributed by atoms with Gasteiger partial charge in [-0.3, -0.25) is 9.69 Å². The molecular weight excluding hydrogens is 260 g/mol. The van der Waals surface area contributed by atoms with E-state index < -0.39 is 0 Å². The number of aryl methyl sites for hydroxylation is 1. The molecule has 1 heterocycles. The lowest BCUT2D eigenvalue weighted by atomic mass is 10.1. The largest absolute Gasteiger partial charge is 0.323 e. The van der Waals surface area contributed by atoms with E-state index in [0.717, 1.165) is 47.1 Å². The van der Waals surface area contributed by atoms with Crippen molar-refractivity contribution in [1.82, 2.24) is 13.6 Å². The Kier molecular flexibility index (Phi) is 4.44. The van der Waals surface area contributed by atoms with Gasteiger partial charge in [-0.1, -0.05) is 19.9 Å². The van der Waals surface area contributed by atoms with Crippen LogP contribution in [0.3, 0.4) is 0 Å². The van der Waals surface area contributed by atoms with Gasteiger partial charge in [0.25, 0.3) is 0 Å². The van der Waals surface area contributed by atoms with Gasteiger partial charge in [0.05, 0.1) is 24.0 Å². The normalized spacial score (nSPS) is 11.2. The van der Waals surface area contributed by atoms with Gasteiger partial charge in [-0.25, -0.2) is 0 Å². The summed E-state index contributed by atoms with van der Waals surface area (Å²) in [5.41, 5.74) is 3.39. The van der Waals surface area contributed by atoms with Crippen LogP contribution in [0.2, 0.25) is 0 Å². The second kappa shape index (κ2) is 6.08. The number of aromatic nitrogens is 2. The summed E-state index contributed by atoms with van der Waals surface area (Å²) in [4.78, 5) is 14.1. The smallest absolute Gasteiger partial charge is 0.238 e. The summed E-state index contributed by atoms with van der Waals surface area (Å²) in [5, 5.41) is 2.96. The van der Waals surface area contributed by atoms with Crippen LogP contribution in [0.5, 0.6) is 0 Å². The van der Waals surface area contributed by atoms with Crippen LogP contribution in [0.15, 0.2) is 12.1 Å². The van der Waals surface area contributed by atoms with E-state index in [9.17, 15) is 4.79 Å². The van der Waals surface area contributed by atoms with Gasteiger partial charge in [0.1, 0.15) is 11.0 Å². The quantitative estimate of drug-likeness (QED) is 0.911. The fraction of sp³-hybridized carbons (Fsp3) is 0.462. The topological polar surface area (TPSA) is 58.1 Å². The molecule has 0 unspecified atom stereocenters. The van der Waals surface area contributed by atoms with Crippen LogP contribution in [-0.2, 0) is 4.79 Å². The Morgan fingerprint density at radius 2 is 2.05 bits per heavy atom. The highest BCUT2D eigenvalue weighted by atomic mass is 32.1. The van der Waals surface area contributed by atoms with Crippen LogP contribution in [0.25, 0.3) is 11.0 Å². The molecule has 1 aromatic carbocycles. The molecule has 2 rings (SSSR count). The highest BCUT2D eigenvalue weighted by molar-refractivity contribution is 7.00. The van der Waals surface area contributed by atoms with Gasteiger partial charge >= 0.3 is 0 Å². The summed E-state index contributed by atoms with van der Waals surface area (Å²) in [5.74, 6) is -0.00713. The number of hydrogen-bond donors (Lipinski definition) is 1. The summed E-state index contributed by atoms with van der Waals surface area (Å²) >= 11 is 1.16. The molecule has 1 amide bonds. The van der Waals surface area contributed by atoms with E-state index in [0.29, 0.717) is 6.54 Å². The second-order valence-corrected chi connectivity index (χ2v) is 4.93. The lowest BCUT2D eigenvalue weighted by molar-refractivity contribution is -0.117. The minimum absolute atomic E-state index is 0.00713. The molecule has 0 radical (unpaired) electrons. The maximum Gasteiger partial charge on any atom is 0.238 e. The molecule has 0 bridgehead atoms. The van der Waals surface area contributed by atoms with Gasteiger partial charge in [0, 0.05) is 0 Å². The molecule has 0 aliphatic heterocycles. The van der Waals surface area contributed by atoms with Crippen molar-refractivity contribution in [1.29, 1.82) is 0 Å². The third kappa shape index (κ3) is 3.08. The Morgan fingerprint density at radius 3 is 2.74 bits per heavy atom. The molecule has 0 aliphatic rings. The van der Waals surface area contributed by atoms with Gasteiger partial charge in [0.2, 0.25) is 5.91 Å². The zero-order valence-corrected chi connectivity index (χ0v) is 12.3. The lowest BCUT2D eigenvalue weighted by Gasteiger charge is -2.17. The molecular formula is C13H18N4OS. The van der Waals surface area contributed by atoms with Crippen LogP contribution in [0.1, 0.15) is 19.4 Å². The molecule has 5 nitrogen and oxygen atoms in total. The Hall–Kier alpha value is -1.53. The third-order valence-electron chi connectivity index (χ3n) is 3.16. The van der Waals surface area contributed by atoms with Crippen molar-refractivity contribution < 1.29 is 4.79 Å². The molecule has 2 aromatic rings. The number of fused-ring (bicyclic) bond motifs is 1. The first-order valence-corrected chi connectivity index (χ1v) is 7.12. The number of hydrogen-bond acceptors (Lipinski definition) is 5. The number of likely N-dealkylation sites (N-methyl/N-ethyl adjacent to an activating group) is 1. The number of carbonyl (C=O) groups is 1. The van der Waals surface area contributed by atoms with Crippen molar-refractivity contribution in [2.75, 3.05) is 25.0 Å². The summed E-state index contributed by atoms with van der Waals surface area (Å²) in [6.07, 6.45) is 0. The summed E-state index contributed by atoms with van der Waals surface area (Å²) in [6, 6.07) is 3.88. The van der Waals surface area contributed by atoms with Gasteiger partial charge in [0.15, 0.2) is 0 Å². The van der Waals surface area contributed by atoms with Crippen molar-refractivity contribution >= 4 is 34.4 Å².